The Morgan fingerprint density at radius 2 is 1.96 bits per heavy atom. The van der Waals surface area contributed by atoms with E-state index in [1.807, 2.05) is 31.2 Å². The monoisotopic (exact) mass is 389 g/mol. The quantitative estimate of drug-likeness (QED) is 0.741. The Kier molecular flexibility index (Phi) is 6.08. The minimum Gasteiger partial charge on any atom is -0.379 e. The first kappa shape index (κ1) is 19.7. The molecule has 0 radical (unpaired) electrons. The van der Waals surface area contributed by atoms with Crippen LogP contribution in [0.5, 0.6) is 0 Å². The molecule has 1 fully saturated rings. The number of carbonyl (C=O) groups excluding carboxylic acids is 1. The number of hydrogen-bond donors (Lipinski definition) is 2. The van der Waals surface area contributed by atoms with E-state index in [9.17, 15) is 4.79 Å². The maximum Gasteiger partial charge on any atom is 0.240 e. The summed E-state index contributed by atoms with van der Waals surface area (Å²) < 4.78 is 7.58. The highest BCUT2D eigenvalue weighted by Crippen LogP contribution is 2.18. The molecule has 146 valence electrons. The van der Waals surface area contributed by atoms with Gasteiger partial charge in [0.05, 0.1) is 13.2 Å². The molecule has 1 aliphatic rings. The van der Waals surface area contributed by atoms with E-state index in [1.54, 1.807) is 4.57 Å². The van der Waals surface area contributed by atoms with Crippen LogP contribution in [0.3, 0.4) is 0 Å². The molecule has 3 rings (SSSR count). The largest absolute Gasteiger partial charge is 0.379 e. The number of ether oxygens (including phenoxy) is 1. The Morgan fingerprint density at radius 1 is 1.30 bits per heavy atom. The lowest BCUT2D eigenvalue weighted by Crippen LogP contribution is -2.55. The first-order chi connectivity index (χ1) is 12.9. The highest BCUT2D eigenvalue weighted by molar-refractivity contribution is 7.71. The average Bonchev–Trinajstić information content (AvgIpc) is 3.02. The third kappa shape index (κ3) is 4.82. The Bertz CT molecular complexity index is 835. The number of aromatic amines is 1. The highest BCUT2D eigenvalue weighted by Gasteiger charge is 2.28. The summed E-state index contributed by atoms with van der Waals surface area (Å²) in [5.41, 5.74) is 1.97. The lowest BCUT2D eigenvalue weighted by atomic mass is 10.0. The van der Waals surface area contributed by atoms with Gasteiger partial charge in [0.15, 0.2) is 10.6 Å². The topological polar surface area (TPSA) is 75.2 Å². The molecule has 0 bridgehead atoms. The summed E-state index contributed by atoms with van der Waals surface area (Å²) in [4.78, 5) is 14.9. The van der Waals surface area contributed by atoms with Crippen LogP contribution in [0, 0.1) is 11.7 Å². The van der Waals surface area contributed by atoms with Crippen LogP contribution < -0.4 is 5.32 Å². The van der Waals surface area contributed by atoms with Crippen molar-refractivity contribution in [2.45, 2.75) is 32.9 Å². The fourth-order valence-corrected chi connectivity index (χ4v) is 3.38. The van der Waals surface area contributed by atoms with E-state index in [0.29, 0.717) is 17.1 Å². The lowest BCUT2D eigenvalue weighted by Gasteiger charge is -2.40. The smallest absolute Gasteiger partial charge is 0.240 e. The van der Waals surface area contributed by atoms with E-state index in [2.05, 4.69) is 34.3 Å². The van der Waals surface area contributed by atoms with Gasteiger partial charge in [0.1, 0.15) is 6.54 Å². The molecule has 2 N–H and O–H groups in total. The zero-order chi connectivity index (χ0) is 19.4. The van der Waals surface area contributed by atoms with Crippen LogP contribution in [0.1, 0.15) is 19.4 Å². The van der Waals surface area contributed by atoms with Gasteiger partial charge >= 0.3 is 0 Å². The van der Waals surface area contributed by atoms with Crippen molar-refractivity contribution >= 4 is 18.1 Å². The second-order valence-corrected chi connectivity index (χ2v) is 7.88. The van der Waals surface area contributed by atoms with Gasteiger partial charge in [-0.15, -0.1) is 0 Å². The maximum atomic E-state index is 12.6. The zero-order valence-corrected chi connectivity index (χ0v) is 16.9. The number of amides is 1. The molecule has 0 saturated carbocycles. The highest BCUT2D eigenvalue weighted by atomic mass is 32.1. The number of aryl methyl sites for hydroxylation is 1. The summed E-state index contributed by atoms with van der Waals surface area (Å²) in [7, 11) is 0. The van der Waals surface area contributed by atoms with Crippen molar-refractivity contribution < 1.29 is 9.53 Å². The zero-order valence-electron chi connectivity index (χ0n) is 16.1. The van der Waals surface area contributed by atoms with Crippen LogP contribution >= 0.6 is 12.2 Å². The van der Waals surface area contributed by atoms with E-state index in [-0.39, 0.29) is 18.0 Å². The molecule has 0 aliphatic carbocycles. The summed E-state index contributed by atoms with van der Waals surface area (Å²) in [6, 6.07) is 8.00. The minimum atomic E-state index is -0.128. The summed E-state index contributed by atoms with van der Waals surface area (Å²) >= 11 is 5.32. The van der Waals surface area contributed by atoms with Gasteiger partial charge in [0, 0.05) is 30.7 Å². The van der Waals surface area contributed by atoms with Gasteiger partial charge in [-0.1, -0.05) is 29.8 Å². The molecule has 2 aromatic rings. The molecule has 1 amide bonds. The third-order valence-corrected chi connectivity index (χ3v) is 5.27. The Morgan fingerprint density at radius 3 is 2.63 bits per heavy atom. The van der Waals surface area contributed by atoms with Gasteiger partial charge in [-0.05, 0) is 33.0 Å². The molecule has 1 aliphatic heterocycles. The molecule has 1 aromatic heterocycles. The van der Waals surface area contributed by atoms with Crippen molar-refractivity contribution in [1.82, 2.24) is 25.0 Å². The lowest BCUT2D eigenvalue weighted by molar-refractivity contribution is -0.122. The fraction of sp³-hybridized carbons (Fsp3) is 0.526. The third-order valence-electron chi connectivity index (χ3n) is 4.96. The van der Waals surface area contributed by atoms with E-state index in [4.69, 9.17) is 17.0 Å². The van der Waals surface area contributed by atoms with E-state index in [1.165, 1.54) is 5.56 Å². The molecule has 0 atom stereocenters. The first-order valence-corrected chi connectivity index (χ1v) is 9.59. The molecular formula is C19H27N5O2S. The number of aromatic nitrogens is 3. The molecule has 8 heteroatoms. The van der Waals surface area contributed by atoms with E-state index >= 15 is 0 Å². The van der Waals surface area contributed by atoms with Crippen LogP contribution in [0.15, 0.2) is 24.3 Å². The molecule has 0 spiro atoms. The molecule has 2 heterocycles. The van der Waals surface area contributed by atoms with Crippen molar-refractivity contribution in [2.24, 2.45) is 0 Å². The molecule has 7 nitrogen and oxygen atoms in total. The van der Waals surface area contributed by atoms with Crippen LogP contribution in [0.2, 0.25) is 0 Å². The van der Waals surface area contributed by atoms with Gasteiger partial charge in [0.25, 0.3) is 0 Å². The van der Waals surface area contributed by atoms with Crippen LogP contribution in [-0.4, -0.2) is 64.0 Å². The number of nitrogens with one attached hydrogen (secondary N) is 2. The molecular weight excluding hydrogens is 362 g/mol. The van der Waals surface area contributed by atoms with Gasteiger partial charge in [0.2, 0.25) is 5.91 Å². The predicted molar refractivity (Wildman–Crippen MR) is 107 cm³/mol. The van der Waals surface area contributed by atoms with Crippen LogP contribution in [0.4, 0.5) is 0 Å². The summed E-state index contributed by atoms with van der Waals surface area (Å²) in [5, 5.41) is 10.1. The molecule has 1 saturated heterocycles. The number of nitrogens with zero attached hydrogens (tertiary/aromatic N) is 3. The molecule has 27 heavy (non-hydrogen) atoms. The van der Waals surface area contributed by atoms with Gasteiger partial charge in [-0.3, -0.25) is 19.4 Å². The Balaban J connectivity index is 1.65. The SMILES string of the molecule is Cc1ccc(-c2n[nH]c(=S)n2CC(=O)NCC(C)(C)N2CCOCC2)cc1. The fourth-order valence-electron chi connectivity index (χ4n) is 3.18. The maximum absolute atomic E-state index is 12.6. The number of carbonyl (C=O) groups is 1. The minimum absolute atomic E-state index is 0.0813. The van der Waals surface area contributed by atoms with Crippen LogP contribution in [-0.2, 0) is 16.1 Å². The van der Waals surface area contributed by atoms with E-state index in [0.717, 1.165) is 31.9 Å². The second kappa shape index (κ2) is 8.33. The number of rotatable bonds is 6. The van der Waals surface area contributed by atoms with Crippen molar-refractivity contribution in [3.8, 4) is 11.4 Å². The normalized spacial score (nSPS) is 15.7. The average molecular weight is 390 g/mol. The summed E-state index contributed by atoms with van der Waals surface area (Å²) in [6.07, 6.45) is 0. The number of H-pyrrole nitrogens is 1. The standard InChI is InChI=1S/C19H27N5O2S/c1-14-4-6-15(7-5-14)17-21-22-18(27)24(17)12-16(25)20-13-19(2,3)23-8-10-26-11-9-23/h4-7H,8-13H2,1-3H3,(H,20,25)(H,22,27). The number of hydrogen-bond acceptors (Lipinski definition) is 5. The second-order valence-electron chi connectivity index (χ2n) is 7.49. The van der Waals surface area contributed by atoms with Gasteiger partial charge in [-0.25, -0.2) is 0 Å². The summed E-state index contributed by atoms with van der Waals surface area (Å²) in [6.45, 7) is 10.3. The van der Waals surface area contributed by atoms with Gasteiger partial charge < -0.3 is 10.1 Å². The van der Waals surface area contributed by atoms with Crippen molar-refractivity contribution in [1.29, 1.82) is 0 Å². The van der Waals surface area contributed by atoms with E-state index < -0.39 is 0 Å². The molecule has 1 aromatic carbocycles. The summed E-state index contributed by atoms with van der Waals surface area (Å²) in [5.74, 6) is 0.588. The predicted octanol–water partition coefficient (Wildman–Crippen LogP) is 2.14. The molecule has 0 unspecified atom stereocenters. The van der Waals surface area contributed by atoms with Gasteiger partial charge in [-0.2, -0.15) is 5.10 Å². The number of benzene rings is 1. The van der Waals surface area contributed by atoms with Crippen molar-refractivity contribution in [3.05, 3.63) is 34.6 Å². The first-order valence-electron chi connectivity index (χ1n) is 9.18. The van der Waals surface area contributed by atoms with Crippen molar-refractivity contribution in [2.75, 3.05) is 32.8 Å². The number of morpholine rings is 1. The Hall–Kier alpha value is -2.03. The van der Waals surface area contributed by atoms with Crippen LogP contribution in [0.25, 0.3) is 11.4 Å². The van der Waals surface area contributed by atoms with Crippen molar-refractivity contribution in [3.63, 3.8) is 0 Å². The Labute approximate surface area is 164 Å².